The fourth-order valence-corrected chi connectivity index (χ4v) is 2.31. The highest BCUT2D eigenvalue weighted by molar-refractivity contribution is 5.91. The van der Waals surface area contributed by atoms with E-state index in [9.17, 15) is 9.59 Å². The highest BCUT2D eigenvalue weighted by atomic mass is 16.6. The fraction of sp³-hybridized carbons (Fsp3) is 0.250. The summed E-state index contributed by atoms with van der Waals surface area (Å²) in [5.74, 6) is 0.297. The number of anilines is 2. The third-order valence-electron chi connectivity index (χ3n) is 3.68. The van der Waals surface area contributed by atoms with E-state index in [0.29, 0.717) is 17.1 Å². The molecule has 0 aliphatic heterocycles. The maximum Gasteiger partial charge on any atom is 0.419 e. The van der Waals surface area contributed by atoms with Gasteiger partial charge in [0.15, 0.2) is 0 Å². The van der Waals surface area contributed by atoms with Crippen molar-refractivity contribution >= 4 is 23.5 Å². The average molecular weight is 366 g/mol. The van der Waals surface area contributed by atoms with Gasteiger partial charge in [-0.2, -0.15) is 5.26 Å². The van der Waals surface area contributed by atoms with Crippen molar-refractivity contribution in [3.63, 3.8) is 0 Å². The van der Waals surface area contributed by atoms with Crippen LogP contribution >= 0.6 is 0 Å². The van der Waals surface area contributed by atoms with Gasteiger partial charge >= 0.3 is 12.1 Å². The van der Waals surface area contributed by atoms with Gasteiger partial charge in [-0.15, -0.1) is 0 Å². The van der Waals surface area contributed by atoms with Gasteiger partial charge in [0, 0.05) is 38.1 Å². The molecule has 2 aromatic rings. The van der Waals surface area contributed by atoms with Crippen LogP contribution in [0.15, 0.2) is 48.5 Å². The van der Waals surface area contributed by atoms with Crippen LogP contribution in [0.3, 0.4) is 0 Å². The molecule has 2 aromatic carbocycles. The molecule has 2 rings (SSSR count). The minimum Gasteiger partial charge on any atom is -0.410 e. The second-order valence-electron chi connectivity index (χ2n) is 6.12. The Morgan fingerprint density at radius 3 is 2.56 bits per heavy atom. The van der Waals surface area contributed by atoms with Crippen LogP contribution in [0.25, 0.3) is 0 Å². The van der Waals surface area contributed by atoms with Crippen molar-refractivity contribution in [3.8, 4) is 11.8 Å². The molecule has 27 heavy (non-hydrogen) atoms. The first kappa shape index (κ1) is 19.8. The predicted molar refractivity (Wildman–Crippen MR) is 104 cm³/mol. The summed E-state index contributed by atoms with van der Waals surface area (Å²) in [7, 11) is 3.27. The van der Waals surface area contributed by atoms with Crippen LogP contribution in [-0.4, -0.2) is 37.7 Å². The van der Waals surface area contributed by atoms with Gasteiger partial charge in [0.1, 0.15) is 5.75 Å². The van der Waals surface area contributed by atoms with Gasteiger partial charge in [-0.3, -0.25) is 4.90 Å². The number of amides is 3. The fourth-order valence-electron chi connectivity index (χ4n) is 2.31. The van der Waals surface area contributed by atoms with Gasteiger partial charge in [-0.1, -0.05) is 18.2 Å². The van der Waals surface area contributed by atoms with Crippen molar-refractivity contribution in [1.29, 1.82) is 5.26 Å². The van der Waals surface area contributed by atoms with E-state index in [-0.39, 0.29) is 19.0 Å². The topological polar surface area (TPSA) is 85.7 Å². The van der Waals surface area contributed by atoms with Crippen molar-refractivity contribution in [3.05, 3.63) is 54.1 Å². The van der Waals surface area contributed by atoms with E-state index in [1.54, 1.807) is 44.4 Å². The van der Waals surface area contributed by atoms with Crippen LogP contribution in [-0.2, 0) is 0 Å². The molecule has 0 atom stereocenters. The first-order valence-corrected chi connectivity index (χ1v) is 8.42. The maximum absolute atomic E-state index is 12.7. The summed E-state index contributed by atoms with van der Waals surface area (Å²) in [5.41, 5.74) is 2.17. The van der Waals surface area contributed by atoms with Gasteiger partial charge in [0.25, 0.3) is 0 Å². The zero-order chi connectivity index (χ0) is 19.8. The Bertz CT molecular complexity index is 858. The van der Waals surface area contributed by atoms with E-state index in [1.807, 2.05) is 31.2 Å². The smallest absolute Gasteiger partial charge is 0.410 e. The molecule has 3 amide bonds. The minimum absolute atomic E-state index is 0.183. The number of urea groups is 1. The van der Waals surface area contributed by atoms with Crippen LogP contribution in [0.1, 0.15) is 12.0 Å². The number of benzene rings is 2. The summed E-state index contributed by atoms with van der Waals surface area (Å²) < 4.78 is 5.46. The number of carbonyl (C=O) groups excluding carboxylic acids is 2. The average Bonchev–Trinajstić information content (AvgIpc) is 2.62. The van der Waals surface area contributed by atoms with E-state index in [1.165, 1.54) is 9.80 Å². The molecule has 0 heterocycles. The van der Waals surface area contributed by atoms with Crippen molar-refractivity contribution < 1.29 is 14.3 Å². The summed E-state index contributed by atoms with van der Waals surface area (Å²) in [5, 5.41) is 11.6. The Morgan fingerprint density at radius 2 is 1.89 bits per heavy atom. The molecule has 0 aliphatic carbocycles. The Labute approximate surface area is 158 Å². The highest BCUT2D eigenvalue weighted by Crippen LogP contribution is 2.21. The number of nitriles is 1. The van der Waals surface area contributed by atoms with Gasteiger partial charge < -0.3 is 15.0 Å². The Balaban J connectivity index is 2.17. The number of aryl methyl sites for hydroxylation is 1. The zero-order valence-electron chi connectivity index (χ0n) is 15.6. The molecule has 0 aromatic heterocycles. The van der Waals surface area contributed by atoms with E-state index >= 15 is 0 Å². The number of carbonyl (C=O) groups is 2. The van der Waals surface area contributed by atoms with E-state index in [4.69, 9.17) is 10.00 Å². The Morgan fingerprint density at radius 1 is 1.15 bits per heavy atom. The number of nitrogens with one attached hydrogen (secondary N) is 1. The number of hydrogen-bond acceptors (Lipinski definition) is 4. The normalized spacial score (nSPS) is 9.85. The zero-order valence-corrected chi connectivity index (χ0v) is 15.6. The molecular formula is C20H22N4O3. The largest absolute Gasteiger partial charge is 0.419 e. The SMILES string of the molecule is Cc1cccc(N(CCC#N)C(=O)Oc2cccc(NC(=O)N(C)C)c2)c1. The van der Waals surface area contributed by atoms with Gasteiger partial charge in [0.05, 0.1) is 12.5 Å². The van der Waals surface area contributed by atoms with Gasteiger partial charge in [-0.25, -0.2) is 9.59 Å². The molecule has 0 unspecified atom stereocenters. The molecule has 7 nitrogen and oxygen atoms in total. The molecule has 0 fully saturated rings. The van der Waals surface area contributed by atoms with Crippen molar-refractivity contribution in [2.24, 2.45) is 0 Å². The summed E-state index contributed by atoms with van der Waals surface area (Å²) >= 11 is 0. The standard InChI is InChI=1S/C20H22N4O3/c1-15-7-4-9-17(13-15)24(12-6-11-21)20(26)27-18-10-5-8-16(14-18)22-19(25)23(2)3/h4-5,7-10,13-14H,6,12H2,1-3H3,(H,22,25). The van der Waals surface area contributed by atoms with E-state index in [0.717, 1.165) is 5.56 Å². The second kappa shape index (κ2) is 9.25. The molecular weight excluding hydrogens is 344 g/mol. The predicted octanol–water partition coefficient (Wildman–Crippen LogP) is 4.01. The first-order valence-electron chi connectivity index (χ1n) is 8.42. The molecule has 1 N–H and O–H groups in total. The lowest BCUT2D eigenvalue weighted by molar-refractivity contribution is 0.207. The molecule has 140 valence electrons. The lowest BCUT2D eigenvalue weighted by Gasteiger charge is -2.21. The van der Waals surface area contributed by atoms with Crippen molar-refractivity contribution in [2.45, 2.75) is 13.3 Å². The highest BCUT2D eigenvalue weighted by Gasteiger charge is 2.18. The molecule has 0 radical (unpaired) electrons. The first-order chi connectivity index (χ1) is 12.9. The lowest BCUT2D eigenvalue weighted by atomic mass is 10.2. The monoisotopic (exact) mass is 366 g/mol. The maximum atomic E-state index is 12.7. The van der Waals surface area contributed by atoms with Crippen LogP contribution in [0.5, 0.6) is 5.75 Å². The number of ether oxygens (including phenoxy) is 1. The molecule has 7 heteroatoms. The van der Waals surface area contributed by atoms with Crippen LogP contribution in [0.4, 0.5) is 21.0 Å². The van der Waals surface area contributed by atoms with E-state index in [2.05, 4.69) is 5.32 Å². The van der Waals surface area contributed by atoms with Crippen LogP contribution in [0.2, 0.25) is 0 Å². The summed E-state index contributed by atoms with van der Waals surface area (Å²) in [6, 6.07) is 15.7. The summed E-state index contributed by atoms with van der Waals surface area (Å²) in [6.45, 7) is 2.14. The Hall–Kier alpha value is -3.53. The molecule has 0 bridgehead atoms. The van der Waals surface area contributed by atoms with Crippen molar-refractivity contribution in [2.75, 3.05) is 30.9 Å². The quantitative estimate of drug-likeness (QED) is 0.866. The molecule has 0 saturated heterocycles. The summed E-state index contributed by atoms with van der Waals surface area (Å²) in [4.78, 5) is 27.2. The second-order valence-corrected chi connectivity index (χ2v) is 6.12. The molecule has 0 saturated carbocycles. The number of rotatable bonds is 5. The van der Waals surface area contributed by atoms with Gasteiger partial charge in [0.2, 0.25) is 0 Å². The minimum atomic E-state index is -0.591. The third kappa shape index (κ3) is 5.75. The van der Waals surface area contributed by atoms with E-state index < -0.39 is 6.09 Å². The summed E-state index contributed by atoms with van der Waals surface area (Å²) in [6.07, 6.45) is -0.408. The molecule has 0 spiro atoms. The number of hydrogen-bond donors (Lipinski definition) is 1. The lowest BCUT2D eigenvalue weighted by Crippen LogP contribution is -2.34. The third-order valence-corrected chi connectivity index (χ3v) is 3.68. The Kier molecular flexibility index (Phi) is 6.78. The number of nitrogens with zero attached hydrogens (tertiary/aromatic N) is 3. The molecule has 0 aliphatic rings. The van der Waals surface area contributed by atoms with Crippen molar-refractivity contribution in [1.82, 2.24) is 4.90 Å². The van der Waals surface area contributed by atoms with Gasteiger partial charge in [-0.05, 0) is 36.8 Å². The van der Waals surface area contributed by atoms with Crippen LogP contribution < -0.4 is 15.0 Å². The van der Waals surface area contributed by atoms with Crippen LogP contribution in [0, 0.1) is 18.3 Å².